The van der Waals surface area contributed by atoms with Crippen LogP contribution in [0.25, 0.3) is 17.0 Å². The van der Waals surface area contributed by atoms with Gasteiger partial charge >= 0.3 is 0 Å². The van der Waals surface area contributed by atoms with E-state index in [1.807, 2.05) is 45.2 Å². The lowest BCUT2D eigenvalue weighted by molar-refractivity contribution is -0.125. The van der Waals surface area contributed by atoms with Crippen molar-refractivity contribution in [2.24, 2.45) is 7.05 Å². The van der Waals surface area contributed by atoms with Gasteiger partial charge in [0.05, 0.1) is 12.6 Å². The number of carbonyl (C=O) groups excluding carboxylic acids is 1. The van der Waals surface area contributed by atoms with Gasteiger partial charge in [0.25, 0.3) is 0 Å². The summed E-state index contributed by atoms with van der Waals surface area (Å²) < 4.78 is 7.51. The highest BCUT2D eigenvalue weighted by Crippen LogP contribution is 2.28. The van der Waals surface area contributed by atoms with Crippen molar-refractivity contribution >= 4 is 22.9 Å². The van der Waals surface area contributed by atoms with E-state index >= 15 is 0 Å². The fraction of sp³-hybridized carbons (Fsp3) is 0.316. The molecule has 2 rings (SSSR count). The minimum Gasteiger partial charge on any atom is -0.496 e. The molecule has 0 aliphatic heterocycles. The first-order valence-corrected chi connectivity index (χ1v) is 7.88. The number of methoxy groups -OCH3 is 1. The molecule has 1 aromatic carbocycles. The highest BCUT2D eigenvalue weighted by Gasteiger charge is 2.07. The summed E-state index contributed by atoms with van der Waals surface area (Å²) in [6, 6.07) is 8.09. The molecule has 23 heavy (non-hydrogen) atoms. The van der Waals surface area contributed by atoms with Crippen molar-refractivity contribution in [1.29, 1.82) is 0 Å². The second-order valence-electron chi connectivity index (χ2n) is 5.25. The summed E-state index contributed by atoms with van der Waals surface area (Å²) in [5.74, 6) is 0.906. The van der Waals surface area contributed by atoms with Gasteiger partial charge in [0.2, 0.25) is 5.91 Å². The second kappa shape index (κ2) is 7.68. The van der Waals surface area contributed by atoms with Crippen molar-refractivity contribution in [3.63, 3.8) is 0 Å². The van der Waals surface area contributed by atoms with Crippen LogP contribution >= 0.6 is 0 Å². The van der Waals surface area contributed by atoms with E-state index in [1.165, 1.54) is 0 Å². The monoisotopic (exact) mass is 312 g/mol. The van der Waals surface area contributed by atoms with Crippen LogP contribution in [0.4, 0.5) is 0 Å². The summed E-state index contributed by atoms with van der Waals surface area (Å²) in [5, 5.41) is 1.08. The van der Waals surface area contributed by atoms with Gasteiger partial charge in [-0.1, -0.05) is 18.2 Å². The van der Waals surface area contributed by atoms with Crippen LogP contribution in [0.1, 0.15) is 19.5 Å². The fourth-order valence-electron chi connectivity index (χ4n) is 2.62. The average molecular weight is 312 g/mol. The smallest absolute Gasteiger partial charge is 0.246 e. The molecule has 0 spiro atoms. The Morgan fingerprint density at radius 3 is 2.65 bits per heavy atom. The molecule has 0 bridgehead atoms. The van der Waals surface area contributed by atoms with Crippen LogP contribution in [0, 0.1) is 0 Å². The van der Waals surface area contributed by atoms with Gasteiger partial charge in [-0.3, -0.25) is 4.79 Å². The Balaban J connectivity index is 2.19. The normalized spacial score (nSPS) is 11.7. The molecular formula is C19H24N2O2. The van der Waals surface area contributed by atoms with Crippen LogP contribution in [0.5, 0.6) is 5.75 Å². The molecule has 1 aromatic heterocycles. The Morgan fingerprint density at radius 1 is 1.26 bits per heavy atom. The lowest BCUT2D eigenvalue weighted by Gasteiger charge is -2.15. The van der Waals surface area contributed by atoms with Crippen molar-refractivity contribution in [2.75, 3.05) is 20.2 Å². The van der Waals surface area contributed by atoms with E-state index in [1.54, 1.807) is 24.2 Å². The topological polar surface area (TPSA) is 34.5 Å². The molecule has 0 unspecified atom stereocenters. The average Bonchev–Trinajstić information content (AvgIpc) is 2.89. The van der Waals surface area contributed by atoms with Gasteiger partial charge in [-0.25, -0.2) is 0 Å². The maximum atomic E-state index is 11.9. The SMILES string of the molecule is CCN(CC)C(=O)/C=C/C=C/c1cc2c(OC)cccc2n1C. The number of carbonyl (C=O) groups is 1. The molecule has 0 aliphatic rings. The number of ether oxygens (including phenoxy) is 1. The first-order valence-electron chi connectivity index (χ1n) is 7.88. The minimum atomic E-state index is 0.0401. The number of hydrogen-bond acceptors (Lipinski definition) is 2. The molecule has 1 amide bonds. The molecule has 0 fully saturated rings. The van der Waals surface area contributed by atoms with E-state index in [0.29, 0.717) is 0 Å². The van der Waals surface area contributed by atoms with Gasteiger partial charge in [-0.15, -0.1) is 0 Å². The maximum Gasteiger partial charge on any atom is 0.246 e. The van der Waals surface area contributed by atoms with Crippen LogP contribution in [0.2, 0.25) is 0 Å². The summed E-state index contributed by atoms with van der Waals surface area (Å²) in [6.45, 7) is 5.42. The molecule has 0 atom stereocenters. The zero-order valence-corrected chi connectivity index (χ0v) is 14.2. The summed E-state index contributed by atoms with van der Waals surface area (Å²) >= 11 is 0. The maximum absolute atomic E-state index is 11.9. The van der Waals surface area contributed by atoms with E-state index in [-0.39, 0.29) is 5.91 Å². The third kappa shape index (κ3) is 3.65. The second-order valence-corrected chi connectivity index (χ2v) is 5.25. The number of likely N-dealkylation sites (N-methyl/N-ethyl adjacent to an activating group) is 1. The van der Waals surface area contributed by atoms with Gasteiger partial charge in [0, 0.05) is 37.3 Å². The first kappa shape index (κ1) is 16.9. The molecule has 4 heteroatoms. The van der Waals surface area contributed by atoms with E-state index in [0.717, 1.165) is 35.4 Å². The molecule has 0 radical (unpaired) electrons. The Kier molecular flexibility index (Phi) is 5.63. The highest BCUT2D eigenvalue weighted by molar-refractivity contribution is 5.90. The number of benzene rings is 1. The number of hydrogen-bond donors (Lipinski definition) is 0. The third-order valence-corrected chi connectivity index (χ3v) is 4.00. The van der Waals surface area contributed by atoms with Gasteiger partial charge in [-0.05, 0) is 38.1 Å². The zero-order valence-electron chi connectivity index (χ0n) is 14.2. The lowest BCUT2D eigenvalue weighted by Crippen LogP contribution is -2.28. The molecule has 4 nitrogen and oxygen atoms in total. The van der Waals surface area contributed by atoms with Gasteiger partial charge in [0.15, 0.2) is 0 Å². The molecular weight excluding hydrogens is 288 g/mol. The van der Waals surface area contributed by atoms with Crippen molar-refractivity contribution < 1.29 is 9.53 Å². The predicted octanol–water partition coefficient (Wildman–Crippen LogP) is 3.62. The minimum absolute atomic E-state index is 0.0401. The van der Waals surface area contributed by atoms with Gasteiger partial charge < -0.3 is 14.2 Å². The quantitative estimate of drug-likeness (QED) is 0.603. The van der Waals surface area contributed by atoms with E-state index in [4.69, 9.17) is 4.74 Å². The Morgan fingerprint density at radius 2 is 2.00 bits per heavy atom. The number of allylic oxidation sites excluding steroid dienone is 2. The summed E-state index contributed by atoms with van der Waals surface area (Å²) in [4.78, 5) is 13.7. The highest BCUT2D eigenvalue weighted by atomic mass is 16.5. The molecule has 0 N–H and O–H groups in total. The van der Waals surface area contributed by atoms with E-state index in [2.05, 4.69) is 16.7 Å². The number of nitrogens with zero attached hydrogens (tertiary/aromatic N) is 2. The number of amides is 1. The van der Waals surface area contributed by atoms with Gasteiger partial charge in [-0.2, -0.15) is 0 Å². The number of rotatable bonds is 6. The fourth-order valence-corrected chi connectivity index (χ4v) is 2.62. The van der Waals surface area contributed by atoms with Crippen LogP contribution in [-0.2, 0) is 11.8 Å². The van der Waals surface area contributed by atoms with Crippen LogP contribution in [0.15, 0.2) is 42.5 Å². The molecule has 2 aromatic rings. The van der Waals surface area contributed by atoms with Crippen molar-refractivity contribution in [3.8, 4) is 5.75 Å². The molecule has 0 saturated heterocycles. The number of aromatic nitrogens is 1. The van der Waals surface area contributed by atoms with Crippen LogP contribution in [-0.4, -0.2) is 35.6 Å². The predicted molar refractivity (Wildman–Crippen MR) is 95.6 cm³/mol. The van der Waals surface area contributed by atoms with E-state index < -0.39 is 0 Å². The summed E-state index contributed by atoms with van der Waals surface area (Å²) in [7, 11) is 3.70. The number of aryl methyl sites for hydroxylation is 1. The third-order valence-electron chi connectivity index (χ3n) is 4.00. The summed E-state index contributed by atoms with van der Waals surface area (Å²) in [5.41, 5.74) is 2.18. The van der Waals surface area contributed by atoms with Crippen molar-refractivity contribution in [1.82, 2.24) is 9.47 Å². The largest absolute Gasteiger partial charge is 0.496 e. The molecule has 1 heterocycles. The lowest BCUT2D eigenvalue weighted by atomic mass is 10.2. The Labute approximate surface area is 137 Å². The van der Waals surface area contributed by atoms with Crippen molar-refractivity contribution in [3.05, 3.63) is 48.2 Å². The first-order chi connectivity index (χ1) is 11.1. The standard InChI is InChI=1S/C19H24N2O2/c1-5-21(6-2)19(22)13-8-7-10-15-14-16-17(20(15)3)11-9-12-18(16)23-4/h7-14H,5-6H2,1-4H3/b10-7+,13-8+. The molecule has 0 saturated carbocycles. The van der Waals surface area contributed by atoms with Gasteiger partial charge in [0.1, 0.15) is 5.75 Å². The number of fused-ring (bicyclic) bond motifs is 1. The van der Waals surface area contributed by atoms with Crippen LogP contribution < -0.4 is 4.74 Å². The van der Waals surface area contributed by atoms with Crippen LogP contribution in [0.3, 0.4) is 0 Å². The zero-order chi connectivity index (χ0) is 16.8. The molecule has 0 aliphatic carbocycles. The van der Waals surface area contributed by atoms with E-state index in [9.17, 15) is 4.79 Å². The Hall–Kier alpha value is -2.49. The summed E-state index contributed by atoms with van der Waals surface area (Å²) in [6.07, 6.45) is 7.27. The molecule has 122 valence electrons. The Bertz CT molecular complexity index is 737. The van der Waals surface area contributed by atoms with Crippen molar-refractivity contribution in [2.45, 2.75) is 13.8 Å².